The van der Waals surface area contributed by atoms with Crippen LogP contribution in [0.15, 0.2) is 0 Å². The summed E-state index contributed by atoms with van der Waals surface area (Å²) in [6, 6.07) is 0. The number of hydrogen-bond acceptors (Lipinski definition) is 3. The first kappa shape index (κ1) is 15.7. The lowest BCUT2D eigenvalue weighted by atomic mass is 10.0. The molecule has 100 valence electrons. The van der Waals surface area contributed by atoms with Crippen molar-refractivity contribution in [2.45, 2.75) is 46.1 Å². The molecular formula is C12H23NO4. The smallest absolute Gasteiger partial charge is 0.410 e. The minimum atomic E-state index is -0.815. The van der Waals surface area contributed by atoms with Gasteiger partial charge in [0, 0.05) is 13.6 Å². The first-order valence-electron chi connectivity index (χ1n) is 5.84. The second-order valence-corrected chi connectivity index (χ2v) is 5.13. The molecule has 1 atom stereocenters. The Hall–Kier alpha value is -1.26. The van der Waals surface area contributed by atoms with Gasteiger partial charge < -0.3 is 14.7 Å². The van der Waals surface area contributed by atoms with Crippen LogP contribution in [-0.2, 0) is 9.53 Å². The Bertz CT molecular complexity index is 270. The first-order chi connectivity index (χ1) is 7.67. The lowest BCUT2D eigenvalue weighted by Crippen LogP contribution is -2.35. The van der Waals surface area contributed by atoms with E-state index in [4.69, 9.17) is 9.84 Å². The van der Waals surface area contributed by atoms with Crippen LogP contribution in [0.3, 0.4) is 0 Å². The number of carboxylic acid groups (broad SMARTS) is 1. The molecule has 0 spiro atoms. The summed E-state index contributed by atoms with van der Waals surface area (Å²) in [6.07, 6.45) is 0.594. The van der Waals surface area contributed by atoms with Gasteiger partial charge in [-0.1, -0.05) is 6.92 Å². The minimum Gasteiger partial charge on any atom is -0.481 e. The van der Waals surface area contributed by atoms with Crippen LogP contribution in [0, 0.1) is 5.92 Å². The van der Waals surface area contributed by atoms with Crippen LogP contribution < -0.4 is 0 Å². The van der Waals surface area contributed by atoms with E-state index in [2.05, 4.69) is 0 Å². The molecule has 5 heteroatoms. The molecule has 0 aliphatic rings. The molecule has 0 aromatic rings. The van der Waals surface area contributed by atoms with Crippen molar-refractivity contribution >= 4 is 12.1 Å². The fourth-order valence-electron chi connectivity index (χ4n) is 1.28. The number of nitrogens with zero attached hydrogens (tertiary/aromatic N) is 1. The number of ether oxygens (including phenoxy) is 1. The number of aliphatic carboxylic acids is 1. The summed E-state index contributed by atoms with van der Waals surface area (Å²) in [4.78, 5) is 23.8. The van der Waals surface area contributed by atoms with Gasteiger partial charge in [0.1, 0.15) is 5.60 Å². The Morgan fingerprint density at radius 3 is 2.24 bits per heavy atom. The van der Waals surface area contributed by atoms with E-state index < -0.39 is 23.6 Å². The summed E-state index contributed by atoms with van der Waals surface area (Å²) >= 11 is 0. The SMILES string of the molecule is CCC(CCN(C)C(=O)OC(C)(C)C)C(=O)O. The summed E-state index contributed by atoms with van der Waals surface area (Å²) < 4.78 is 5.17. The molecule has 0 radical (unpaired) electrons. The maximum atomic E-state index is 11.6. The van der Waals surface area contributed by atoms with E-state index in [1.54, 1.807) is 27.8 Å². The van der Waals surface area contributed by atoms with Crippen molar-refractivity contribution < 1.29 is 19.4 Å². The Morgan fingerprint density at radius 2 is 1.88 bits per heavy atom. The molecule has 17 heavy (non-hydrogen) atoms. The summed E-state index contributed by atoms with van der Waals surface area (Å²) in [5.41, 5.74) is -0.525. The number of carbonyl (C=O) groups excluding carboxylic acids is 1. The lowest BCUT2D eigenvalue weighted by Gasteiger charge is -2.25. The zero-order chi connectivity index (χ0) is 13.6. The molecule has 0 heterocycles. The maximum absolute atomic E-state index is 11.6. The van der Waals surface area contributed by atoms with Crippen LogP contribution in [0.5, 0.6) is 0 Å². The van der Waals surface area contributed by atoms with Crippen LogP contribution in [0.2, 0.25) is 0 Å². The van der Waals surface area contributed by atoms with E-state index in [-0.39, 0.29) is 0 Å². The van der Waals surface area contributed by atoms with Crippen molar-refractivity contribution in [3.8, 4) is 0 Å². The maximum Gasteiger partial charge on any atom is 0.410 e. The van der Waals surface area contributed by atoms with Crippen molar-refractivity contribution in [3.63, 3.8) is 0 Å². The number of amides is 1. The molecule has 0 rings (SSSR count). The Kier molecular flexibility index (Phi) is 5.99. The third kappa shape index (κ3) is 6.81. The number of rotatable bonds is 5. The molecule has 0 aromatic carbocycles. The van der Waals surface area contributed by atoms with Gasteiger partial charge in [-0.15, -0.1) is 0 Å². The van der Waals surface area contributed by atoms with Crippen molar-refractivity contribution in [1.29, 1.82) is 0 Å². The third-order valence-corrected chi connectivity index (χ3v) is 2.36. The molecule has 5 nitrogen and oxygen atoms in total. The van der Waals surface area contributed by atoms with Crippen LogP contribution in [-0.4, -0.2) is 41.3 Å². The molecule has 0 fully saturated rings. The topological polar surface area (TPSA) is 66.8 Å². The molecule has 0 aromatic heterocycles. The highest BCUT2D eigenvalue weighted by Crippen LogP contribution is 2.12. The Morgan fingerprint density at radius 1 is 1.35 bits per heavy atom. The lowest BCUT2D eigenvalue weighted by molar-refractivity contribution is -0.142. The zero-order valence-corrected chi connectivity index (χ0v) is 11.3. The summed E-state index contributed by atoms with van der Waals surface area (Å²) in [5.74, 6) is -1.22. The Balaban J connectivity index is 4.13. The second-order valence-electron chi connectivity index (χ2n) is 5.13. The van der Waals surface area contributed by atoms with Crippen LogP contribution >= 0.6 is 0 Å². The molecule has 0 aliphatic heterocycles. The molecule has 0 saturated carbocycles. The normalized spacial score (nSPS) is 13.0. The first-order valence-corrected chi connectivity index (χ1v) is 5.84. The highest BCUT2D eigenvalue weighted by atomic mass is 16.6. The highest BCUT2D eigenvalue weighted by molar-refractivity contribution is 5.70. The highest BCUT2D eigenvalue weighted by Gasteiger charge is 2.21. The van der Waals surface area contributed by atoms with Gasteiger partial charge >= 0.3 is 12.1 Å². The summed E-state index contributed by atoms with van der Waals surface area (Å²) in [7, 11) is 1.61. The van der Waals surface area contributed by atoms with E-state index >= 15 is 0 Å². The molecular weight excluding hydrogens is 222 g/mol. The fraction of sp³-hybridized carbons (Fsp3) is 0.833. The van der Waals surface area contributed by atoms with Gasteiger partial charge in [-0.3, -0.25) is 4.79 Å². The zero-order valence-electron chi connectivity index (χ0n) is 11.3. The third-order valence-electron chi connectivity index (χ3n) is 2.36. The van der Waals surface area contributed by atoms with Gasteiger partial charge in [0.05, 0.1) is 5.92 Å². The number of carboxylic acids is 1. The van der Waals surface area contributed by atoms with Gasteiger partial charge in [-0.2, -0.15) is 0 Å². The second kappa shape index (κ2) is 6.47. The monoisotopic (exact) mass is 245 g/mol. The van der Waals surface area contributed by atoms with E-state index in [9.17, 15) is 9.59 Å². The average Bonchev–Trinajstić information content (AvgIpc) is 2.15. The van der Waals surface area contributed by atoms with Crippen LogP contribution in [0.4, 0.5) is 4.79 Å². The largest absolute Gasteiger partial charge is 0.481 e. The van der Waals surface area contributed by atoms with E-state index in [0.29, 0.717) is 19.4 Å². The van der Waals surface area contributed by atoms with Crippen LogP contribution in [0.25, 0.3) is 0 Å². The average molecular weight is 245 g/mol. The van der Waals surface area contributed by atoms with Crippen molar-refractivity contribution in [2.24, 2.45) is 5.92 Å². The van der Waals surface area contributed by atoms with E-state index in [1.807, 2.05) is 6.92 Å². The molecule has 0 saturated heterocycles. The molecule has 0 bridgehead atoms. The molecule has 0 aliphatic carbocycles. The minimum absolute atomic E-state index is 0.389. The van der Waals surface area contributed by atoms with Crippen molar-refractivity contribution in [1.82, 2.24) is 4.90 Å². The standard InChI is InChI=1S/C12H23NO4/c1-6-9(10(14)15)7-8-13(5)11(16)17-12(2,3)4/h9H,6-8H2,1-5H3,(H,14,15). The van der Waals surface area contributed by atoms with Gasteiger partial charge in [-0.05, 0) is 33.6 Å². The molecule has 1 amide bonds. The summed E-state index contributed by atoms with van der Waals surface area (Å²) in [6.45, 7) is 7.60. The molecule has 1 unspecified atom stereocenters. The van der Waals surface area contributed by atoms with Crippen LogP contribution in [0.1, 0.15) is 40.5 Å². The fourth-order valence-corrected chi connectivity index (χ4v) is 1.28. The predicted octanol–water partition coefficient (Wildman–Crippen LogP) is 2.35. The predicted molar refractivity (Wildman–Crippen MR) is 64.9 cm³/mol. The number of carbonyl (C=O) groups is 2. The van der Waals surface area contributed by atoms with Crippen molar-refractivity contribution in [2.75, 3.05) is 13.6 Å². The molecule has 1 N–H and O–H groups in total. The quantitative estimate of drug-likeness (QED) is 0.807. The van der Waals surface area contributed by atoms with Gasteiger partial charge in [0.15, 0.2) is 0 Å². The van der Waals surface area contributed by atoms with Gasteiger partial charge in [0.2, 0.25) is 0 Å². The Labute approximate surface area is 103 Å². The number of hydrogen-bond donors (Lipinski definition) is 1. The van der Waals surface area contributed by atoms with E-state index in [0.717, 1.165) is 0 Å². The summed E-state index contributed by atoms with van der Waals surface area (Å²) in [5, 5.41) is 8.88. The van der Waals surface area contributed by atoms with Gasteiger partial charge in [-0.25, -0.2) is 4.79 Å². The van der Waals surface area contributed by atoms with Crippen molar-refractivity contribution in [3.05, 3.63) is 0 Å². The van der Waals surface area contributed by atoms with E-state index in [1.165, 1.54) is 4.90 Å². The van der Waals surface area contributed by atoms with Gasteiger partial charge in [0.25, 0.3) is 0 Å².